The zero-order chi connectivity index (χ0) is 12.2. The van der Waals surface area contributed by atoms with Crippen molar-refractivity contribution < 1.29 is 19.1 Å². The molecule has 2 saturated carbocycles. The van der Waals surface area contributed by atoms with Gasteiger partial charge in [-0.1, -0.05) is 6.92 Å². The summed E-state index contributed by atoms with van der Waals surface area (Å²) < 4.78 is 11.1. The molecule has 0 aromatic carbocycles. The number of ether oxygens (including phenoxy) is 2. The fourth-order valence-corrected chi connectivity index (χ4v) is 3.86. The lowest BCUT2D eigenvalue weighted by molar-refractivity contribution is -0.179. The number of esters is 2. The molecule has 4 nitrogen and oxygen atoms in total. The molecule has 94 valence electrons. The van der Waals surface area contributed by atoms with Crippen molar-refractivity contribution in [2.24, 2.45) is 17.8 Å². The van der Waals surface area contributed by atoms with Gasteiger partial charge in [0.25, 0.3) is 0 Å². The van der Waals surface area contributed by atoms with E-state index < -0.39 is 5.60 Å². The van der Waals surface area contributed by atoms with Crippen LogP contribution in [0.25, 0.3) is 0 Å². The van der Waals surface area contributed by atoms with Gasteiger partial charge in [-0.15, -0.1) is 0 Å². The Hall–Kier alpha value is -1.06. The molecule has 0 aromatic rings. The molecule has 5 atom stereocenters. The number of rotatable bonds is 3. The van der Waals surface area contributed by atoms with Crippen LogP contribution in [0.4, 0.5) is 0 Å². The number of fused-ring (bicyclic) bond motifs is 1. The summed E-state index contributed by atoms with van der Waals surface area (Å²) in [6.07, 6.45) is 2.83. The van der Waals surface area contributed by atoms with Crippen LogP contribution in [0.2, 0.25) is 0 Å². The van der Waals surface area contributed by atoms with Crippen molar-refractivity contribution in [1.29, 1.82) is 0 Å². The van der Waals surface area contributed by atoms with E-state index in [1.807, 2.05) is 13.8 Å². The smallest absolute Gasteiger partial charge is 0.309 e. The number of carbonyl (C=O) groups is 2. The summed E-state index contributed by atoms with van der Waals surface area (Å²) >= 11 is 0. The molecule has 1 heterocycles. The van der Waals surface area contributed by atoms with Crippen molar-refractivity contribution in [3.8, 4) is 0 Å². The van der Waals surface area contributed by atoms with Gasteiger partial charge in [0.1, 0.15) is 11.7 Å². The molecule has 0 amide bonds. The predicted molar refractivity (Wildman–Crippen MR) is 59.0 cm³/mol. The van der Waals surface area contributed by atoms with E-state index in [1.165, 1.54) is 0 Å². The lowest BCUT2D eigenvalue weighted by Crippen LogP contribution is -2.47. The molecule has 2 aliphatic carbocycles. The summed E-state index contributed by atoms with van der Waals surface area (Å²) in [5.74, 6) is 0.407. The van der Waals surface area contributed by atoms with Crippen LogP contribution in [0.1, 0.15) is 39.5 Å². The van der Waals surface area contributed by atoms with Crippen LogP contribution in [0.15, 0.2) is 0 Å². The Balaban J connectivity index is 1.80. The topological polar surface area (TPSA) is 52.6 Å². The van der Waals surface area contributed by atoms with Crippen LogP contribution >= 0.6 is 0 Å². The van der Waals surface area contributed by atoms with Crippen LogP contribution in [0, 0.1) is 17.8 Å². The zero-order valence-corrected chi connectivity index (χ0v) is 10.3. The van der Waals surface area contributed by atoms with Crippen molar-refractivity contribution in [2.45, 2.75) is 51.2 Å². The molecule has 3 rings (SSSR count). The minimum Gasteiger partial charge on any atom is -0.458 e. The summed E-state index contributed by atoms with van der Waals surface area (Å²) in [5, 5.41) is 0. The van der Waals surface area contributed by atoms with E-state index >= 15 is 0 Å². The molecule has 1 saturated heterocycles. The Morgan fingerprint density at radius 3 is 3.00 bits per heavy atom. The second kappa shape index (κ2) is 3.47. The highest BCUT2D eigenvalue weighted by Crippen LogP contribution is 2.60. The third kappa shape index (κ3) is 1.36. The molecule has 1 aliphatic heterocycles. The van der Waals surface area contributed by atoms with Crippen LogP contribution in [-0.2, 0) is 19.1 Å². The Labute approximate surface area is 101 Å². The largest absolute Gasteiger partial charge is 0.458 e. The lowest BCUT2D eigenvalue weighted by Gasteiger charge is -2.36. The van der Waals surface area contributed by atoms with Gasteiger partial charge in [-0.2, -0.15) is 0 Å². The lowest BCUT2D eigenvalue weighted by atomic mass is 9.79. The first-order valence-corrected chi connectivity index (χ1v) is 6.48. The highest BCUT2D eigenvalue weighted by molar-refractivity contribution is 5.77. The third-order valence-corrected chi connectivity index (χ3v) is 4.71. The normalized spacial score (nSPS) is 46.1. The summed E-state index contributed by atoms with van der Waals surface area (Å²) in [4.78, 5) is 23.3. The first-order valence-electron chi connectivity index (χ1n) is 6.48. The van der Waals surface area contributed by atoms with E-state index in [4.69, 9.17) is 9.47 Å². The van der Waals surface area contributed by atoms with Crippen molar-refractivity contribution in [2.75, 3.05) is 0 Å². The SMILES string of the molecule is CCCC(=O)OC1(C)C2CC3C(=O)OC1C3C2. The van der Waals surface area contributed by atoms with Gasteiger partial charge in [0, 0.05) is 18.3 Å². The highest BCUT2D eigenvalue weighted by Gasteiger charge is 2.69. The first kappa shape index (κ1) is 11.1. The fourth-order valence-electron chi connectivity index (χ4n) is 3.86. The van der Waals surface area contributed by atoms with E-state index in [0.29, 0.717) is 12.3 Å². The van der Waals surface area contributed by atoms with Crippen molar-refractivity contribution >= 4 is 11.9 Å². The maximum atomic E-state index is 11.7. The average Bonchev–Trinajstić information content (AvgIpc) is 2.83. The molecule has 2 bridgehead atoms. The maximum absolute atomic E-state index is 11.7. The van der Waals surface area contributed by atoms with E-state index in [1.54, 1.807) is 0 Å². The summed E-state index contributed by atoms with van der Waals surface area (Å²) in [6, 6.07) is 0. The van der Waals surface area contributed by atoms with Gasteiger partial charge in [0.15, 0.2) is 0 Å². The second-order valence-corrected chi connectivity index (χ2v) is 5.70. The molecular formula is C13H18O4. The van der Waals surface area contributed by atoms with E-state index in [-0.39, 0.29) is 29.9 Å². The number of carbonyl (C=O) groups excluding carboxylic acids is 2. The standard InChI is InChI=1S/C13H18O4/c1-3-4-10(14)17-13(2)7-5-8-9(6-7)12(15)16-11(8)13/h7-9,11H,3-6H2,1-2H3. The molecule has 4 heteroatoms. The quantitative estimate of drug-likeness (QED) is 0.702. The predicted octanol–water partition coefficient (Wildman–Crippen LogP) is 1.67. The molecule has 0 aromatic heterocycles. The third-order valence-electron chi connectivity index (χ3n) is 4.71. The highest BCUT2D eigenvalue weighted by atomic mass is 16.6. The average molecular weight is 238 g/mol. The van der Waals surface area contributed by atoms with Crippen molar-refractivity contribution in [3.05, 3.63) is 0 Å². The number of hydrogen-bond donors (Lipinski definition) is 0. The summed E-state index contributed by atoms with van der Waals surface area (Å²) in [6.45, 7) is 3.89. The van der Waals surface area contributed by atoms with Gasteiger partial charge in [-0.05, 0) is 26.2 Å². The van der Waals surface area contributed by atoms with Crippen molar-refractivity contribution in [3.63, 3.8) is 0 Å². The summed E-state index contributed by atoms with van der Waals surface area (Å²) in [5.41, 5.74) is -0.570. The van der Waals surface area contributed by atoms with Gasteiger partial charge >= 0.3 is 11.9 Å². The Kier molecular flexibility index (Phi) is 2.25. The molecule has 5 unspecified atom stereocenters. The molecule has 0 N–H and O–H groups in total. The van der Waals surface area contributed by atoms with Crippen molar-refractivity contribution in [1.82, 2.24) is 0 Å². The van der Waals surface area contributed by atoms with Gasteiger partial charge in [-0.3, -0.25) is 9.59 Å². The minimum atomic E-state index is -0.570. The Morgan fingerprint density at radius 2 is 2.29 bits per heavy atom. The van der Waals surface area contributed by atoms with Gasteiger partial charge in [-0.25, -0.2) is 0 Å². The van der Waals surface area contributed by atoms with Crippen LogP contribution in [0.3, 0.4) is 0 Å². The first-order chi connectivity index (χ1) is 8.06. The van der Waals surface area contributed by atoms with E-state index in [9.17, 15) is 9.59 Å². The molecule has 17 heavy (non-hydrogen) atoms. The molecular weight excluding hydrogens is 220 g/mol. The van der Waals surface area contributed by atoms with Crippen LogP contribution in [0.5, 0.6) is 0 Å². The molecule has 0 spiro atoms. The fraction of sp³-hybridized carbons (Fsp3) is 0.846. The minimum absolute atomic E-state index is 0.0722. The summed E-state index contributed by atoms with van der Waals surface area (Å²) in [7, 11) is 0. The Bertz CT molecular complexity index is 378. The van der Waals surface area contributed by atoms with Gasteiger partial charge in [0.05, 0.1) is 5.92 Å². The Morgan fingerprint density at radius 1 is 1.53 bits per heavy atom. The number of hydrogen-bond acceptors (Lipinski definition) is 4. The van der Waals surface area contributed by atoms with Gasteiger partial charge < -0.3 is 9.47 Å². The van der Waals surface area contributed by atoms with Crippen LogP contribution < -0.4 is 0 Å². The monoisotopic (exact) mass is 238 g/mol. The van der Waals surface area contributed by atoms with Crippen LogP contribution in [-0.4, -0.2) is 23.6 Å². The zero-order valence-electron chi connectivity index (χ0n) is 10.3. The molecule has 3 fully saturated rings. The van der Waals surface area contributed by atoms with E-state index in [2.05, 4.69) is 0 Å². The van der Waals surface area contributed by atoms with Gasteiger partial charge in [0.2, 0.25) is 0 Å². The second-order valence-electron chi connectivity index (χ2n) is 5.70. The maximum Gasteiger partial charge on any atom is 0.309 e. The van der Waals surface area contributed by atoms with E-state index in [0.717, 1.165) is 19.3 Å². The molecule has 0 radical (unpaired) electrons. The molecule has 3 aliphatic rings.